The second kappa shape index (κ2) is 3.89. The van der Waals surface area contributed by atoms with Crippen molar-refractivity contribution in [1.29, 1.82) is 0 Å². The number of nitrogens with zero attached hydrogens (tertiary/aromatic N) is 2. The van der Waals surface area contributed by atoms with E-state index in [2.05, 4.69) is 18.4 Å². The van der Waals surface area contributed by atoms with Crippen molar-refractivity contribution in [2.75, 3.05) is 12.8 Å². The molecule has 4 nitrogen and oxygen atoms in total. The maximum atomic E-state index is 11.7. The minimum atomic E-state index is -3.12. The molecular weight excluding hydrogens is 224 g/mol. The molecule has 16 heavy (non-hydrogen) atoms. The van der Waals surface area contributed by atoms with E-state index in [1.54, 1.807) is 4.31 Å². The summed E-state index contributed by atoms with van der Waals surface area (Å²) in [5.41, 5.74) is 1.10. The van der Waals surface area contributed by atoms with Crippen molar-refractivity contribution in [2.45, 2.75) is 26.4 Å². The molecular formula is C11H18N2O2S. The van der Waals surface area contributed by atoms with Gasteiger partial charge >= 0.3 is 0 Å². The number of hydrogen-bond acceptors (Lipinski definition) is 2. The lowest BCUT2D eigenvalue weighted by atomic mass is 9.99. The summed E-state index contributed by atoms with van der Waals surface area (Å²) < 4.78 is 27.3. The van der Waals surface area contributed by atoms with Gasteiger partial charge in [0.1, 0.15) is 0 Å². The molecule has 90 valence electrons. The molecule has 1 aliphatic heterocycles. The molecule has 0 fully saturated rings. The van der Waals surface area contributed by atoms with Crippen molar-refractivity contribution in [3.63, 3.8) is 0 Å². The summed E-state index contributed by atoms with van der Waals surface area (Å²) in [6, 6.07) is 3.97. The molecule has 1 atom stereocenters. The molecule has 0 bridgehead atoms. The Morgan fingerprint density at radius 3 is 2.62 bits per heavy atom. The van der Waals surface area contributed by atoms with Crippen molar-refractivity contribution >= 4 is 10.0 Å². The van der Waals surface area contributed by atoms with Gasteiger partial charge in [0.15, 0.2) is 0 Å². The second-order valence-corrected chi connectivity index (χ2v) is 6.62. The van der Waals surface area contributed by atoms with E-state index in [9.17, 15) is 8.42 Å². The van der Waals surface area contributed by atoms with E-state index in [-0.39, 0.29) is 12.0 Å². The van der Waals surface area contributed by atoms with Crippen molar-refractivity contribution in [1.82, 2.24) is 8.87 Å². The average Bonchev–Trinajstić information content (AvgIpc) is 2.61. The highest BCUT2D eigenvalue weighted by Gasteiger charge is 2.34. The summed E-state index contributed by atoms with van der Waals surface area (Å²) in [7, 11) is -3.12. The van der Waals surface area contributed by atoms with Crippen LogP contribution in [0.3, 0.4) is 0 Å². The van der Waals surface area contributed by atoms with E-state index in [0.717, 1.165) is 12.2 Å². The Hall–Kier alpha value is -0.810. The molecule has 1 aromatic heterocycles. The van der Waals surface area contributed by atoms with Gasteiger partial charge in [-0.3, -0.25) is 0 Å². The largest absolute Gasteiger partial charge is 0.349 e. The van der Waals surface area contributed by atoms with Crippen molar-refractivity contribution in [3.8, 4) is 0 Å². The quantitative estimate of drug-likeness (QED) is 0.788. The third-order valence-corrected chi connectivity index (χ3v) is 4.36. The van der Waals surface area contributed by atoms with E-state index < -0.39 is 10.0 Å². The Kier molecular flexibility index (Phi) is 2.84. The molecule has 0 radical (unpaired) electrons. The Balaban J connectivity index is 2.46. The third kappa shape index (κ3) is 1.89. The Morgan fingerprint density at radius 1 is 1.38 bits per heavy atom. The van der Waals surface area contributed by atoms with Crippen LogP contribution in [-0.4, -0.2) is 30.1 Å². The Bertz CT molecular complexity index is 476. The van der Waals surface area contributed by atoms with Crippen LogP contribution in [0.25, 0.3) is 0 Å². The zero-order valence-electron chi connectivity index (χ0n) is 9.92. The lowest BCUT2D eigenvalue weighted by Crippen LogP contribution is -2.43. The number of hydrogen-bond donors (Lipinski definition) is 0. The minimum Gasteiger partial charge on any atom is -0.349 e. The van der Waals surface area contributed by atoms with Crippen LogP contribution in [0.1, 0.15) is 25.6 Å². The van der Waals surface area contributed by atoms with Crippen LogP contribution in [0.5, 0.6) is 0 Å². The third-order valence-electron chi connectivity index (χ3n) is 3.10. The fourth-order valence-electron chi connectivity index (χ4n) is 2.44. The average molecular weight is 242 g/mol. The van der Waals surface area contributed by atoms with Crippen molar-refractivity contribution in [3.05, 3.63) is 24.0 Å². The van der Waals surface area contributed by atoms with Crippen LogP contribution < -0.4 is 0 Å². The normalized spacial score (nSPS) is 22.4. The summed E-state index contributed by atoms with van der Waals surface area (Å²) in [5, 5.41) is 0. The number of aromatic nitrogens is 1. The van der Waals surface area contributed by atoms with Gasteiger partial charge in [-0.15, -0.1) is 0 Å². The van der Waals surface area contributed by atoms with Crippen LogP contribution in [0.15, 0.2) is 18.3 Å². The Labute approximate surface area is 96.9 Å². The molecule has 1 aliphatic rings. The van der Waals surface area contributed by atoms with Crippen LogP contribution >= 0.6 is 0 Å². The fraction of sp³-hybridized carbons (Fsp3) is 0.636. The highest BCUT2D eigenvalue weighted by atomic mass is 32.2. The Morgan fingerprint density at radius 2 is 2.06 bits per heavy atom. The summed E-state index contributed by atoms with van der Waals surface area (Å²) in [4.78, 5) is 0. The topological polar surface area (TPSA) is 42.3 Å². The number of rotatable bonds is 2. The van der Waals surface area contributed by atoms with Gasteiger partial charge in [0.2, 0.25) is 10.0 Å². The standard InChI is InChI=1S/C11H18N2O2S/c1-9(2)11-10-5-4-6-12(10)7-8-13(11)16(3,14)15/h4-6,9,11H,7-8H2,1-3H3/t11-/m0/s1. The van der Waals surface area contributed by atoms with Gasteiger partial charge in [0.05, 0.1) is 12.3 Å². The first kappa shape index (κ1) is 11.7. The minimum absolute atomic E-state index is 0.0289. The maximum absolute atomic E-state index is 11.7. The van der Waals surface area contributed by atoms with Crippen molar-refractivity contribution in [2.24, 2.45) is 5.92 Å². The van der Waals surface area contributed by atoms with Gasteiger partial charge in [-0.25, -0.2) is 8.42 Å². The van der Waals surface area contributed by atoms with Crippen molar-refractivity contribution < 1.29 is 8.42 Å². The molecule has 0 spiro atoms. The van der Waals surface area contributed by atoms with Gasteiger partial charge in [-0.2, -0.15) is 4.31 Å². The smallest absolute Gasteiger partial charge is 0.211 e. The molecule has 0 saturated heterocycles. The maximum Gasteiger partial charge on any atom is 0.211 e. The molecule has 1 aromatic rings. The summed E-state index contributed by atoms with van der Waals surface area (Å²) in [5.74, 6) is 0.281. The van der Waals surface area contributed by atoms with E-state index in [0.29, 0.717) is 6.54 Å². The van der Waals surface area contributed by atoms with Crippen LogP contribution in [-0.2, 0) is 16.6 Å². The molecule has 2 heterocycles. The molecule has 0 aromatic carbocycles. The van der Waals surface area contributed by atoms with E-state index in [1.807, 2.05) is 18.3 Å². The molecule has 0 aliphatic carbocycles. The highest BCUT2D eigenvalue weighted by Crippen LogP contribution is 2.33. The number of sulfonamides is 1. The van der Waals surface area contributed by atoms with E-state index in [4.69, 9.17) is 0 Å². The first-order chi connectivity index (χ1) is 7.41. The summed E-state index contributed by atoms with van der Waals surface area (Å²) >= 11 is 0. The van der Waals surface area contributed by atoms with Gasteiger partial charge in [-0.1, -0.05) is 13.8 Å². The molecule has 0 unspecified atom stereocenters. The zero-order valence-corrected chi connectivity index (χ0v) is 10.7. The first-order valence-corrected chi connectivity index (χ1v) is 7.38. The van der Waals surface area contributed by atoms with Gasteiger partial charge in [0, 0.05) is 25.0 Å². The highest BCUT2D eigenvalue weighted by molar-refractivity contribution is 7.88. The zero-order chi connectivity index (χ0) is 11.9. The lowest BCUT2D eigenvalue weighted by molar-refractivity contribution is 0.216. The first-order valence-electron chi connectivity index (χ1n) is 5.53. The predicted octanol–water partition coefficient (Wildman–Crippen LogP) is 1.46. The van der Waals surface area contributed by atoms with E-state index in [1.165, 1.54) is 6.26 Å². The fourth-order valence-corrected chi connectivity index (χ4v) is 3.62. The molecule has 5 heteroatoms. The second-order valence-electron chi connectivity index (χ2n) is 4.69. The molecule has 2 rings (SSSR count). The lowest BCUT2D eigenvalue weighted by Gasteiger charge is -2.37. The monoisotopic (exact) mass is 242 g/mol. The molecule has 0 N–H and O–H groups in total. The molecule has 0 saturated carbocycles. The number of fused-ring (bicyclic) bond motifs is 1. The SMILES string of the molecule is CC(C)[C@H]1c2cccn2CCN1S(C)(=O)=O. The van der Waals surface area contributed by atoms with Crippen LogP contribution in [0.4, 0.5) is 0 Å². The van der Waals surface area contributed by atoms with Crippen LogP contribution in [0, 0.1) is 5.92 Å². The van der Waals surface area contributed by atoms with E-state index >= 15 is 0 Å². The summed E-state index contributed by atoms with van der Waals surface area (Å²) in [6.45, 7) is 5.44. The van der Waals surface area contributed by atoms with Crippen LogP contribution in [0.2, 0.25) is 0 Å². The van der Waals surface area contributed by atoms with Gasteiger partial charge in [0.25, 0.3) is 0 Å². The molecule has 0 amide bonds. The summed E-state index contributed by atoms with van der Waals surface area (Å²) in [6.07, 6.45) is 3.31. The van der Waals surface area contributed by atoms with Gasteiger partial charge < -0.3 is 4.57 Å². The van der Waals surface area contributed by atoms with Gasteiger partial charge in [-0.05, 0) is 18.1 Å². The predicted molar refractivity (Wildman–Crippen MR) is 63.6 cm³/mol.